The van der Waals surface area contributed by atoms with Crippen LogP contribution in [0.5, 0.6) is 11.7 Å². The van der Waals surface area contributed by atoms with Gasteiger partial charge in [0.25, 0.3) is 5.95 Å². The lowest BCUT2D eigenvalue weighted by atomic mass is 9.92. The third-order valence-corrected chi connectivity index (χ3v) is 3.88. The Labute approximate surface area is 125 Å². The maximum Gasteiger partial charge on any atom is 0.290 e. The number of furan rings is 1. The molecule has 4 heteroatoms. The predicted molar refractivity (Wildman–Crippen MR) is 80.5 cm³/mol. The molecular formula is C17H21NO3. The van der Waals surface area contributed by atoms with Crippen LogP contribution in [-0.4, -0.2) is 18.8 Å². The van der Waals surface area contributed by atoms with Crippen LogP contribution in [0.4, 0.5) is 0 Å². The molecule has 112 valence electrons. The monoisotopic (exact) mass is 287 g/mol. The van der Waals surface area contributed by atoms with Crippen molar-refractivity contribution >= 4 is 0 Å². The van der Waals surface area contributed by atoms with Crippen LogP contribution in [0.25, 0.3) is 0 Å². The van der Waals surface area contributed by atoms with Gasteiger partial charge in [-0.3, -0.25) is 0 Å². The van der Waals surface area contributed by atoms with E-state index in [1.54, 1.807) is 0 Å². The number of hydrogen-bond donors (Lipinski definition) is 1. The number of para-hydroxylation sites is 1. The van der Waals surface area contributed by atoms with E-state index in [4.69, 9.17) is 13.9 Å². The smallest absolute Gasteiger partial charge is 0.290 e. The van der Waals surface area contributed by atoms with Gasteiger partial charge in [0, 0.05) is 24.8 Å². The number of hydrogen-bond acceptors (Lipinski definition) is 4. The Morgan fingerprint density at radius 2 is 1.86 bits per heavy atom. The second kappa shape index (κ2) is 6.33. The highest BCUT2D eigenvalue weighted by atomic mass is 16.6. The van der Waals surface area contributed by atoms with Gasteiger partial charge in [-0.2, -0.15) is 0 Å². The molecule has 3 rings (SSSR count). The van der Waals surface area contributed by atoms with Gasteiger partial charge in [-0.25, -0.2) is 0 Å². The zero-order valence-electron chi connectivity index (χ0n) is 12.3. The Kier molecular flexibility index (Phi) is 4.27. The first-order valence-electron chi connectivity index (χ1n) is 7.38. The molecule has 0 amide bonds. The lowest BCUT2D eigenvalue weighted by Crippen LogP contribution is -2.46. The van der Waals surface area contributed by atoms with E-state index in [-0.39, 0.29) is 5.54 Å². The van der Waals surface area contributed by atoms with Gasteiger partial charge in [0.15, 0.2) is 0 Å². The van der Waals surface area contributed by atoms with Gasteiger partial charge in [-0.15, -0.1) is 0 Å². The summed E-state index contributed by atoms with van der Waals surface area (Å²) >= 11 is 0. The molecule has 2 aromatic rings. The van der Waals surface area contributed by atoms with E-state index in [0.29, 0.717) is 12.5 Å². The maximum atomic E-state index is 5.71. The largest absolute Gasteiger partial charge is 0.429 e. The molecule has 21 heavy (non-hydrogen) atoms. The Morgan fingerprint density at radius 1 is 1.10 bits per heavy atom. The van der Waals surface area contributed by atoms with Crippen molar-refractivity contribution in [3.63, 3.8) is 0 Å². The minimum atomic E-state index is 0.130. The molecule has 0 radical (unpaired) electrons. The number of ether oxygens (including phenoxy) is 2. The molecule has 0 atom stereocenters. The van der Waals surface area contributed by atoms with E-state index in [1.807, 2.05) is 42.5 Å². The number of rotatable bonds is 5. The molecule has 1 N–H and O–H groups in total. The fourth-order valence-electron chi connectivity index (χ4n) is 2.41. The van der Waals surface area contributed by atoms with Crippen molar-refractivity contribution in [3.05, 3.63) is 48.2 Å². The van der Waals surface area contributed by atoms with Crippen LogP contribution in [0.1, 0.15) is 25.5 Å². The first kappa shape index (κ1) is 14.2. The molecule has 2 heterocycles. The topological polar surface area (TPSA) is 43.6 Å². The molecule has 4 nitrogen and oxygen atoms in total. The first-order chi connectivity index (χ1) is 10.2. The molecule has 1 saturated heterocycles. The van der Waals surface area contributed by atoms with Gasteiger partial charge in [0.1, 0.15) is 11.5 Å². The molecule has 0 aliphatic carbocycles. The Hall–Kier alpha value is -1.78. The van der Waals surface area contributed by atoms with Crippen molar-refractivity contribution in [2.75, 3.05) is 13.2 Å². The van der Waals surface area contributed by atoms with Crippen LogP contribution in [-0.2, 0) is 11.3 Å². The van der Waals surface area contributed by atoms with E-state index in [0.717, 1.165) is 37.6 Å². The molecule has 0 bridgehead atoms. The molecule has 1 aromatic carbocycles. The highest BCUT2D eigenvalue weighted by molar-refractivity contribution is 5.26. The van der Waals surface area contributed by atoms with E-state index in [1.165, 1.54) is 0 Å². The minimum absolute atomic E-state index is 0.130. The SMILES string of the molecule is CC1(NCc2ccc(Oc3ccccc3)o2)CCOCC1. The molecular weight excluding hydrogens is 266 g/mol. The van der Waals surface area contributed by atoms with Crippen molar-refractivity contribution in [1.82, 2.24) is 5.32 Å². The average molecular weight is 287 g/mol. The summed E-state index contributed by atoms with van der Waals surface area (Å²) in [5.74, 6) is 2.19. The summed E-state index contributed by atoms with van der Waals surface area (Å²) in [7, 11) is 0. The fourth-order valence-corrected chi connectivity index (χ4v) is 2.41. The van der Waals surface area contributed by atoms with E-state index < -0.39 is 0 Å². The number of nitrogens with one attached hydrogen (secondary N) is 1. The average Bonchev–Trinajstić information content (AvgIpc) is 2.95. The van der Waals surface area contributed by atoms with Crippen molar-refractivity contribution in [2.45, 2.75) is 31.8 Å². The summed E-state index contributed by atoms with van der Waals surface area (Å²) in [5.41, 5.74) is 0.130. The second-order valence-corrected chi connectivity index (χ2v) is 5.66. The molecule has 0 spiro atoms. The fraction of sp³-hybridized carbons (Fsp3) is 0.412. The summed E-state index contributed by atoms with van der Waals surface area (Å²) in [6, 6.07) is 13.5. The summed E-state index contributed by atoms with van der Waals surface area (Å²) < 4.78 is 16.8. The Bertz CT molecular complexity index is 558. The second-order valence-electron chi connectivity index (χ2n) is 5.66. The predicted octanol–water partition coefficient (Wildman–Crippen LogP) is 3.73. The summed E-state index contributed by atoms with van der Waals surface area (Å²) in [5, 5.41) is 3.56. The Balaban J connectivity index is 1.55. The molecule has 1 fully saturated rings. The highest BCUT2D eigenvalue weighted by Gasteiger charge is 2.26. The van der Waals surface area contributed by atoms with Gasteiger partial charge in [0.05, 0.1) is 6.54 Å². The van der Waals surface area contributed by atoms with Crippen molar-refractivity contribution in [1.29, 1.82) is 0 Å². The molecule has 1 aromatic heterocycles. The number of benzene rings is 1. The van der Waals surface area contributed by atoms with Crippen molar-refractivity contribution < 1.29 is 13.9 Å². The van der Waals surface area contributed by atoms with Gasteiger partial charge in [-0.05, 0) is 38.0 Å². The molecule has 1 aliphatic heterocycles. The highest BCUT2D eigenvalue weighted by Crippen LogP contribution is 2.25. The quantitative estimate of drug-likeness (QED) is 0.910. The van der Waals surface area contributed by atoms with Crippen LogP contribution < -0.4 is 10.1 Å². The normalized spacial score (nSPS) is 17.6. The van der Waals surface area contributed by atoms with Crippen molar-refractivity contribution in [3.8, 4) is 11.7 Å². The molecule has 0 saturated carbocycles. The summed E-state index contributed by atoms with van der Waals surface area (Å²) in [6.45, 7) is 4.59. The minimum Gasteiger partial charge on any atom is -0.429 e. The van der Waals surface area contributed by atoms with Gasteiger partial charge in [0.2, 0.25) is 0 Å². The summed E-state index contributed by atoms with van der Waals surface area (Å²) in [4.78, 5) is 0. The van der Waals surface area contributed by atoms with Crippen LogP contribution in [0.3, 0.4) is 0 Å². The lowest BCUT2D eigenvalue weighted by Gasteiger charge is -2.34. The Morgan fingerprint density at radius 3 is 2.62 bits per heavy atom. The van der Waals surface area contributed by atoms with Crippen LogP contribution in [0, 0.1) is 0 Å². The first-order valence-corrected chi connectivity index (χ1v) is 7.38. The van der Waals surface area contributed by atoms with E-state index >= 15 is 0 Å². The van der Waals surface area contributed by atoms with Gasteiger partial charge in [-0.1, -0.05) is 18.2 Å². The van der Waals surface area contributed by atoms with Crippen LogP contribution in [0.2, 0.25) is 0 Å². The van der Waals surface area contributed by atoms with Crippen molar-refractivity contribution in [2.24, 2.45) is 0 Å². The van der Waals surface area contributed by atoms with Gasteiger partial charge >= 0.3 is 0 Å². The van der Waals surface area contributed by atoms with Crippen LogP contribution >= 0.6 is 0 Å². The molecule has 1 aliphatic rings. The third-order valence-electron chi connectivity index (χ3n) is 3.88. The molecule has 0 unspecified atom stereocenters. The van der Waals surface area contributed by atoms with E-state index in [2.05, 4.69) is 12.2 Å². The summed E-state index contributed by atoms with van der Waals surface area (Å²) in [6.07, 6.45) is 2.06. The van der Waals surface area contributed by atoms with Crippen LogP contribution in [0.15, 0.2) is 46.9 Å². The van der Waals surface area contributed by atoms with E-state index in [9.17, 15) is 0 Å². The third kappa shape index (κ3) is 3.86. The zero-order chi connectivity index (χ0) is 14.5. The lowest BCUT2D eigenvalue weighted by molar-refractivity contribution is 0.0438. The van der Waals surface area contributed by atoms with Gasteiger partial charge < -0.3 is 19.2 Å². The standard InChI is InChI=1S/C17H21NO3/c1-17(9-11-19-12-10-17)18-13-15-7-8-16(21-15)20-14-5-3-2-4-6-14/h2-8,18H,9-13H2,1H3. The maximum absolute atomic E-state index is 5.71. The zero-order valence-corrected chi connectivity index (χ0v) is 12.3.